The van der Waals surface area contributed by atoms with Gasteiger partial charge in [-0.2, -0.15) is 0 Å². The van der Waals surface area contributed by atoms with Gasteiger partial charge in [0, 0.05) is 13.5 Å². The largest absolute Gasteiger partial charge is 0.461 e. The Morgan fingerprint density at radius 1 is 1.35 bits per heavy atom. The minimum Gasteiger partial charge on any atom is -0.461 e. The van der Waals surface area contributed by atoms with E-state index < -0.39 is 5.97 Å². The minimum atomic E-state index is -0.476. The van der Waals surface area contributed by atoms with Crippen LogP contribution in [0.1, 0.15) is 23.8 Å². The first kappa shape index (κ1) is 14.2. The normalized spacial score (nSPS) is 12.1. The summed E-state index contributed by atoms with van der Waals surface area (Å²) in [6.45, 7) is 2.21. The van der Waals surface area contributed by atoms with Gasteiger partial charge in [-0.1, -0.05) is 23.4 Å². The molecule has 2 aromatic rings. The third-order valence-electron chi connectivity index (χ3n) is 2.88. The lowest BCUT2D eigenvalue weighted by Gasteiger charge is -2.08. The summed E-state index contributed by atoms with van der Waals surface area (Å²) in [5.41, 5.74) is 1.03. The Kier molecular flexibility index (Phi) is 4.84. The molecule has 0 aliphatic heterocycles. The van der Waals surface area contributed by atoms with Gasteiger partial charge in [0.1, 0.15) is 0 Å². The average Bonchev–Trinajstić information content (AvgIpc) is 2.97. The molecule has 1 heterocycles. The smallest absolute Gasteiger partial charge is 0.360 e. The molecule has 1 aromatic carbocycles. The van der Waals surface area contributed by atoms with Gasteiger partial charge < -0.3 is 9.47 Å². The molecule has 0 radical (unpaired) electrons. The molecule has 0 amide bonds. The van der Waals surface area contributed by atoms with Gasteiger partial charge in [-0.3, -0.25) is 0 Å². The van der Waals surface area contributed by atoms with Gasteiger partial charge in [0.2, 0.25) is 0 Å². The lowest BCUT2D eigenvalue weighted by molar-refractivity contribution is 0.0385. The molecule has 0 saturated carbocycles. The summed E-state index contributed by atoms with van der Waals surface area (Å²) in [5.74, 6) is -0.476. The van der Waals surface area contributed by atoms with E-state index in [4.69, 9.17) is 9.47 Å². The Labute approximate surface area is 117 Å². The van der Waals surface area contributed by atoms with Crippen LogP contribution in [0.3, 0.4) is 0 Å². The Balaban J connectivity index is 1.93. The fourth-order valence-electron chi connectivity index (χ4n) is 1.57. The standard InChI is InChI=1S/C14H17N3O3/c1-11(19-2)8-9-20-14(18)13-10-17(16-15-13)12-6-4-3-5-7-12/h3-7,10-11H,8-9H2,1-2H3/t11-/m0/s1. The van der Waals surface area contributed by atoms with Crippen molar-refractivity contribution in [2.24, 2.45) is 0 Å². The number of carbonyl (C=O) groups excluding carboxylic acids is 1. The molecule has 0 spiro atoms. The summed E-state index contributed by atoms with van der Waals surface area (Å²) in [5, 5.41) is 7.73. The molecule has 20 heavy (non-hydrogen) atoms. The van der Waals surface area contributed by atoms with Crippen LogP contribution in [0, 0.1) is 0 Å². The molecule has 6 heteroatoms. The van der Waals surface area contributed by atoms with Crippen molar-refractivity contribution >= 4 is 5.97 Å². The fourth-order valence-corrected chi connectivity index (χ4v) is 1.57. The van der Waals surface area contributed by atoms with E-state index in [-0.39, 0.29) is 11.8 Å². The number of methoxy groups -OCH3 is 1. The zero-order valence-electron chi connectivity index (χ0n) is 11.5. The second-order valence-corrected chi connectivity index (χ2v) is 4.35. The molecule has 1 atom stereocenters. The lowest BCUT2D eigenvalue weighted by Crippen LogP contribution is -2.13. The second kappa shape index (κ2) is 6.81. The van der Waals surface area contributed by atoms with E-state index in [2.05, 4.69) is 10.3 Å². The van der Waals surface area contributed by atoms with Crippen molar-refractivity contribution in [2.75, 3.05) is 13.7 Å². The summed E-state index contributed by atoms with van der Waals surface area (Å²) in [4.78, 5) is 11.8. The first-order chi connectivity index (χ1) is 9.70. The van der Waals surface area contributed by atoms with Crippen LogP contribution >= 0.6 is 0 Å². The van der Waals surface area contributed by atoms with Crippen LogP contribution in [0.4, 0.5) is 0 Å². The summed E-state index contributed by atoms with van der Waals surface area (Å²) in [6, 6.07) is 9.45. The molecular formula is C14H17N3O3. The van der Waals surface area contributed by atoms with Gasteiger partial charge in [0.05, 0.1) is 24.6 Å². The van der Waals surface area contributed by atoms with Crippen LogP contribution in [-0.4, -0.2) is 40.8 Å². The van der Waals surface area contributed by atoms with Crippen LogP contribution < -0.4 is 0 Å². The topological polar surface area (TPSA) is 66.2 Å². The second-order valence-electron chi connectivity index (χ2n) is 4.35. The number of benzene rings is 1. The third kappa shape index (κ3) is 3.64. The highest BCUT2D eigenvalue weighted by Gasteiger charge is 2.13. The Morgan fingerprint density at radius 3 is 2.80 bits per heavy atom. The first-order valence-corrected chi connectivity index (χ1v) is 6.38. The van der Waals surface area contributed by atoms with E-state index in [9.17, 15) is 4.79 Å². The maximum atomic E-state index is 11.8. The van der Waals surface area contributed by atoms with E-state index in [1.807, 2.05) is 37.3 Å². The zero-order chi connectivity index (χ0) is 14.4. The van der Waals surface area contributed by atoms with Crippen molar-refractivity contribution in [3.63, 3.8) is 0 Å². The number of hydrogen-bond donors (Lipinski definition) is 0. The predicted octanol–water partition coefficient (Wildman–Crippen LogP) is 1.85. The van der Waals surface area contributed by atoms with Crippen LogP contribution in [-0.2, 0) is 9.47 Å². The fraction of sp³-hybridized carbons (Fsp3) is 0.357. The number of esters is 1. The van der Waals surface area contributed by atoms with Crippen LogP contribution in [0.25, 0.3) is 5.69 Å². The molecule has 1 aromatic heterocycles. The molecule has 0 bridgehead atoms. The maximum absolute atomic E-state index is 11.8. The van der Waals surface area contributed by atoms with Crippen molar-refractivity contribution in [1.29, 1.82) is 0 Å². The van der Waals surface area contributed by atoms with Gasteiger partial charge >= 0.3 is 5.97 Å². The molecule has 0 aliphatic rings. The van der Waals surface area contributed by atoms with E-state index in [1.165, 1.54) is 4.68 Å². The van der Waals surface area contributed by atoms with Crippen molar-refractivity contribution in [2.45, 2.75) is 19.4 Å². The molecular weight excluding hydrogens is 258 g/mol. The first-order valence-electron chi connectivity index (χ1n) is 6.38. The average molecular weight is 275 g/mol. The number of hydrogen-bond acceptors (Lipinski definition) is 5. The van der Waals surface area contributed by atoms with E-state index >= 15 is 0 Å². The molecule has 106 valence electrons. The Morgan fingerprint density at radius 2 is 2.10 bits per heavy atom. The van der Waals surface area contributed by atoms with Crippen molar-refractivity contribution in [3.05, 3.63) is 42.2 Å². The Bertz CT molecular complexity index is 554. The lowest BCUT2D eigenvalue weighted by atomic mass is 10.3. The number of rotatable bonds is 6. The highest BCUT2D eigenvalue weighted by atomic mass is 16.5. The molecule has 0 unspecified atom stereocenters. The van der Waals surface area contributed by atoms with Crippen molar-refractivity contribution in [3.8, 4) is 5.69 Å². The van der Waals surface area contributed by atoms with E-state index in [0.717, 1.165) is 5.69 Å². The van der Waals surface area contributed by atoms with Crippen LogP contribution in [0.2, 0.25) is 0 Å². The summed E-state index contributed by atoms with van der Waals surface area (Å²) in [7, 11) is 1.62. The summed E-state index contributed by atoms with van der Waals surface area (Å²) < 4.78 is 11.7. The zero-order valence-corrected chi connectivity index (χ0v) is 11.5. The van der Waals surface area contributed by atoms with E-state index in [1.54, 1.807) is 13.3 Å². The minimum absolute atomic E-state index is 0.0581. The van der Waals surface area contributed by atoms with E-state index in [0.29, 0.717) is 13.0 Å². The SMILES string of the molecule is CO[C@@H](C)CCOC(=O)c1cn(-c2ccccc2)nn1. The summed E-state index contributed by atoms with van der Waals surface area (Å²) >= 11 is 0. The number of aromatic nitrogens is 3. The highest BCUT2D eigenvalue weighted by Crippen LogP contribution is 2.07. The molecule has 6 nitrogen and oxygen atoms in total. The monoisotopic (exact) mass is 275 g/mol. The molecule has 0 N–H and O–H groups in total. The highest BCUT2D eigenvalue weighted by molar-refractivity contribution is 5.86. The molecule has 0 fully saturated rings. The number of para-hydroxylation sites is 1. The van der Waals surface area contributed by atoms with Gasteiger partial charge in [-0.05, 0) is 19.1 Å². The maximum Gasteiger partial charge on any atom is 0.360 e. The predicted molar refractivity (Wildman–Crippen MR) is 72.7 cm³/mol. The summed E-state index contributed by atoms with van der Waals surface area (Å²) in [6.07, 6.45) is 2.26. The van der Waals surface area contributed by atoms with Crippen molar-refractivity contribution in [1.82, 2.24) is 15.0 Å². The van der Waals surface area contributed by atoms with Crippen LogP contribution in [0.15, 0.2) is 36.5 Å². The molecule has 2 rings (SSSR count). The quantitative estimate of drug-likeness (QED) is 0.753. The van der Waals surface area contributed by atoms with Gasteiger partial charge in [-0.25, -0.2) is 9.48 Å². The Hall–Kier alpha value is -2.21. The van der Waals surface area contributed by atoms with Gasteiger partial charge in [0.15, 0.2) is 5.69 Å². The molecule has 0 saturated heterocycles. The van der Waals surface area contributed by atoms with Crippen LogP contribution in [0.5, 0.6) is 0 Å². The third-order valence-corrected chi connectivity index (χ3v) is 2.88. The van der Waals surface area contributed by atoms with Gasteiger partial charge in [-0.15, -0.1) is 5.10 Å². The number of carbonyl (C=O) groups is 1. The number of nitrogens with zero attached hydrogens (tertiary/aromatic N) is 3. The van der Waals surface area contributed by atoms with Gasteiger partial charge in [0.25, 0.3) is 0 Å². The number of ether oxygens (including phenoxy) is 2. The van der Waals surface area contributed by atoms with Crippen molar-refractivity contribution < 1.29 is 14.3 Å². The molecule has 0 aliphatic carbocycles.